The molecule has 0 saturated carbocycles. The van der Waals surface area contributed by atoms with Crippen molar-refractivity contribution >= 4 is 0 Å². The zero-order valence-electron chi connectivity index (χ0n) is 15.4. The van der Waals surface area contributed by atoms with E-state index in [9.17, 15) is 0 Å². The third-order valence-electron chi connectivity index (χ3n) is 4.22. The Labute approximate surface area is 143 Å². The smallest absolute Gasteiger partial charge is 0.00769 e. The Morgan fingerprint density at radius 2 is 1.30 bits per heavy atom. The van der Waals surface area contributed by atoms with Crippen molar-refractivity contribution in [2.75, 3.05) is 78.5 Å². The van der Waals surface area contributed by atoms with E-state index in [2.05, 4.69) is 45.7 Å². The number of hydrogen-bond acceptors (Lipinski definition) is 6. The van der Waals surface area contributed by atoms with Gasteiger partial charge in [-0.05, 0) is 32.5 Å². The minimum absolute atomic E-state index is 0.245. The molecule has 0 radical (unpaired) electrons. The Balaban J connectivity index is 2.27. The predicted molar refractivity (Wildman–Crippen MR) is 100 cm³/mol. The largest absolute Gasteiger partial charge is 0.315 e. The fourth-order valence-electron chi connectivity index (χ4n) is 2.78. The maximum Gasteiger partial charge on any atom is 0.00769 e. The van der Waals surface area contributed by atoms with E-state index in [1.807, 2.05) is 0 Å². The molecule has 0 aliphatic carbocycles. The molecule has 0 amide bonds. The third kappa shape index (κ3) is 11.9. The molecule has 1 saturated heterocycles. The molecule has 1 aliphatic heterocycles. The molecule has 0 atom stereocenters. The monoisotopic (exact) mass is 328 g/mol. The first-order valence-electron chi connectivity index (χ1n) is 9.51. The molecule has 23 heavy (non-hydrogen) atoms. The summed E-state index contributed by atoms with van der Waals surface area (Å²) in [5.74, 6) is 0. The Morgan fingerprint density at radius 1 is 0.739 bits per heavy atom. The fourth-order valence-corrected chi connectivity index (χ4v) is 2.78. The van der Waals surface area contributed by atoms with Gasteiger partial charge in [0, 0.05) is 64.3 Å². The molecule has 0 aromatic carbocycles. The first-order chi connectivity index (χ1) is 11.3. The quantitative estimate of drug-likeness (QED) is 0.349. The van der Waals surface area contributed by atoms with Gasteiger partial charge in [-0.25, -0.2) is 0 Å². The summed E-state index contributed by atoms with van der Waals surface area (Å²) in [7, 11) is 0. The number of nitrogens with one attached hydrogen (secondary N) is 6. The van der Waals surface area contributed by atoms with Crippen LogP contribution >= 0.6 is 0 Å². The third-order valence-corrected chi connectivity index (χ3v) is 4.22. The van der Waals surface area contributed by atoms with Crippen LogP contribution in [-0.2, 0) is 0 Å². The summed E-state index contributed by atoms with van der Waals surface area (Å²) in [5.41, 5.74) is 0.245. The van der Waals surface area contributed by atoms with Gasteiger partial charge >= 0.3 is 0 Å². The molecule has 138 valence electrons. The Bertz CT molecular complexity index is 247. The van der Waals surface area contributed by atoms with E-state index < -0.39 is 0 Å². The average Bonchev–Trinajstić information content (AvgIpc) is 2.55. The summed E-state index contributed by atoms with van der Waals surface area (Å²) < 4.78 is 0. The predicted octanol–water partition coefficient (Wildman–Crippen LogP) is -0.656. The molecule has 1 fully saturated rings. The van der Waals surface area contributed by atoms with Crippen molar-refractivity contribution in [3.63, 3.8) is 0 Å². The minimum Gasteiger partial charge on any atom is -0.315 e. The summed E-state index contributed by atoms with van der Waals surface area (Å²) in [6, 6.07) is 0. The molecule has 0 spiro atoms. The van der Waals surface area contributed by atoms with Crippen LogP contribution in [0.3, 0.4) is 0 Å². The van der Waals surface area contributed by atoms with Crippen LogP contribution < -0.4 is 31.9 Å². The molecule has 1 aliphatic rings. The van der Waals surface area contributed by atoms with E-state index >= 15 is 0 Å². The standard InChI is InChI=1S/C17H40N6/c1-3-5-18-8-11-21-14-17(2)15-22-12-9-19-6-4-7-20-10-13-23-16-17/h18-23H,3-16H2,1-2H3. The van der Waals surface area contributed by atoms with Crippen LogP contribution in [0.15, 0.2) is 0 Å². The van der Waals surface area contributed by atoms with E-state index in [0.717, 1.165) is 78.5 Å². The van der Waals surface area contributed by atoms with E-state index in [1.54, 1.807) is 0 Å². The van der Waals surface area contributed by atoms with Crippen molar-refractivity contribution in [3.05, 3.63) is 0 Å². The van der Waals surface area contributed by atoms with Gasteiger partial charge in [-0.2, -0.15) is 0 Å². The minimum atomic E-state index is 0.245. The first-order valence-corrected chi connectivity index (χ1v) is 9.51. The van der Waals surface area contributed by atoms with E-state index in [1.165, 1.54) is 12.8 Å². The van der Waals surface area contributed by atoms with Crippen molar-refractivity contribution in [2.45, 2.75) is 26.7 Å². The molecule has 1 heterocycles. The molecule has 1 rings (SSSR count). The molecule has 0 unspecified atom stereocenters. The van der Waals surface area contributed by atoms with Gasteiger partial charge in [0.1, 0.15) is 0 Å². The van der Waals surface area contributed by atoms with Gasteiger partial charge in [-0.3, -0.25) is 0 Å². The maximum absolute atomic E-state index is 3.62. The molecular weight excluding hydrogens is 288 g/mol. The zero-order valence-corrected chi connectivity index (χ0v) is 15.4. The van der Waals surface area contributed by atoms with Crippen LogP contribution in [0.1, 0.15) is 26.7 Å². The van der Waals surface area contributed by atoms with Gasteiger partial charge in [0.15, 0.2) is 0 Å². The molecule has 6 heteroatoms. The summed E-state index contributed by atoms with van der Waals surface area (Å²) in [4.78, 5) is 0. The summed E-state index contributed by atoms with van der Waals surface area (Å²) in [6.07, 6.45) is 2.40. The molecule has 6 nitrogen and oxygen atoms in total. The molecule has 0 aromatic rings. The van der Waals surface area contributed by atoms with Crippen LogP contribution in [-0.4, -0.2) is 78.5 Å². The highest BCUT2D eigenvalue weighted by atomic mass is 15.0. The zero-order chi connectivity index (χ0) is 16.6. The fraction of sp³-hybridized carbons (Fsp3) is 1.00. The van der Waals surface area contributed by atoms with Gasteiger partial charge in [-0.1, -0.05) is 13.8 Å². The molecular formula is C17H40N6. The van der Waals surface area contributed by atoms with Crippen molar-refractivity contribution in [3.8, 4) is 0 Å². The average molecular weight is 329 g/mol. The van der Waals surface area contributed by atoms with Crippen LogP contribution in [0.25, 0.3) is 0 Å². The van der Waals surface area contributed by atoms with Crippen LogP contribution in [0.5, 0.6) is 0 Å². The number of rotatable bonds is 7. The first kappa shape index (κ1) is 20.8. The lowest BCUT2D eigenvalue weighted by Gasteiger charge is -2.31. The van der Waals surface area contributed by atoms with Gasteiger partial charge in [-0.15, -0.1) is 0 Å². The van der Waals surface area contributed by atoms with Crippen molar-refractivity contribution < 1.29 is 0 Å². The van der Waals surface area contributed by atoms with E-state index in [0.29, 0.717) is 0 Å². The highest BCUT2D eigenvalue weighted by molar-refractivity contribution is 4.82. The second kappa shape index (κ2) is 14.1. The maximum atomic E-state index is 3.62. The summed E-state index contributed by atoms with van der Waals surface area (Å²) in [6.45, 7) is 17.3. The SMILES string of the molecule is CCCNCCNCC1(C)CNCCNCCCNCCNC1. The van der Waals surface area contributed by atoms with E-state index in [-0.39, 0.29) is 5.41 Å². The summed E-state index contributed by atoms with van der Waals surface area (Å²) in [5, 5.41) is 21.3. The lowest BCUT2D eigenvalue weighted by atomic mass is 9.90. The van der Waals surface area contributed by atoms with Crippen molar-refractivity contribution in [2.24, 2.45) is 5.41 Å². The lowest BCUT2D eigenvalue weighted by Crippen LogP contribution is -2.49. The molecule has 0 bridgehead atoms. The second-order valence-electron chi connectivity index (χ2n) is 6.94. The van der Waals surface area contributed by atoms with Gasteiger partial charge in [0.2, 0.25) is 0 Å². The Morgan fingerprint density at radius 3 is 1.91 bits per heavy atom. The topological polar surface area (TPSA) is 72.2 Å². The van der Waals surface area contributed by atoms with Crippen molar-refractivity contribution in [1.29, 1.82) is 0 Å². The molecule has 0 aromatic heterocycles. The number of hydrogen-bond donors (Lipinski definition) is 6. The van der Waals surface area contributed by atoms with Crippen LogP contribution in [0, 0.1) is 5.41 Å². The molecule has 6 N–H and O–H groups in total. The highest BCUT2D eigenvalue weighted by Gasteiger charge is 2.23. The van der Waals surface area contributed by atoms with Gasteiger partial charge in [0.25, 0.3) is 0 Å². The van der Waals surface area contributed by atoms with E-state index in [4.69, 9.17) is 0 Å². The normalized spacial score (nSPS) is 21.7. The van der Waals surface area contributed by atoms with Crippen LogP contribution in [0.2, 0.25) is 0 Å². The van der Waals surface area contributed by atoms with Crippen molar-refractivity contribution in [1.82, 2.24) is 31.9 Å². The van der Waals surface area contributed by atoms with Gasteiger partial charge < -0.3 is 31.9 Å². The van der Waals surface area contributed by atoms with Crippen LogP contribution in [0.4, 0.5) is 0 Å². The second-order valence-corrected chi connectivity index (χ2v) is 6.94. The lowest BCUT2D eigenvalue weighted by molar-refractivity contribution is 0.274. The Kier molecular flexibility index (Phi) is 12.8. The summed E-state index contributed by atoms with van der Waals surface area (Å²) >= 11 is 0. The highest BCUT2D eigenvalue weighted by Crippen LogP contribution is 2.12. The Hall–Kier alpha value is -0.240. The van der Waals surface area contributed by atoms with Gasteiger partial charge in [0.05, 0.1) is 0 Å².